The monoisotopic (exact) mass is 450 g/mol. The molecular weight excluding hydrogens is 421 g/mol. The Morgan fingerprint density at radius 2 is 1.58 bits per heavy atom. The van der Waals surface area contributed by atoms with Crippen molar-refractivity contribution < 1.29 is 18.0 Å². The first-order valence-electron chi connectivity index (χ1n) is 10.5. The number of rotatable bonds is 5. The minimum atomic E-state index is -4.45. The maximum absolute atomic E-state index is 13.2. The molecule has 0 atom stereocenters. The topological polar surface area (TPSA) is 32.3 Å². The number of hydrogen-bond donors (Lipinski definition) is 1. The van der Waals surface area contributed by atoms with E-state index < -0.39 is 11.7 Å². The third-order valence-electron chi connectivity index (χ3n) is 5.38. The SMILES string of the molecule is CC(C)(C)c1ccc(SCC(=O)Nc2cc(C(F)(F)F)ccc2N2CCCCC2)cc1. The number of benzene rings is 2. The van der Waals surface area contributed by atoms with E-state index in [2.05, 4.69) is 31.0 Å². The van der Waals surface area contributed by atoms with Crippen molar-refractivity contribution in [3.05, 3.63) is 53.6 Å². The van der Waals surface area contributed by atoms with Gasteiger partial charge in [-0.3, -0.25) is 4.79 Å². The summed E-state index contributed by atoms with van der Waals surface area (Å²) in [4.78, 5) is 15.6. The summed E-state index contributed by atoms with van der Waals surface area (Å²) in [6.45, 7) is 7.97. The minimum absolute atomic E-state index is 0.0505. The van der Waals surface area contributed by atoms with Gasteiger partial charge >= 0.3 is 6.18 Å². The highest BCUT2D eigenvalue weighted by molar-refractivity contribution is 8.00. The van der Waals surface area contributed by atoms with Crippen molar-refractivity contribution in [3.8, 4) is 0 Å². The molecule has 168 valence electrons. The second kappa shape index (κ2) is 9.55. The molecule has 7 heteroatoms. The van der Waals surface area contributed by atoms with E-state index in [1.54, 1.807) is 0 Å². The van der Waals surface area contributed by atoms with Gasteiger partial charge in [-0.1, -0.05) is 32.9 Å². The maximum atomic E-state index is 13.2. The van der Waals surface area contributed by atoms with E-state index in [1.165, 1.54) is 23.4 Å². The quantitative estimate of drug-likeness (QED) is 0.513. The fourth-order valence-corrected chi connectivity index (χ4v) is 4.31. The summed E-state index contributed by atoms with van der Waals surface area (Å²) in [5.41, 5.74) is 1.38. The van der Waals surface area contributed by atoms with Crippen molar-refractivity contribution in [3.63, 3.8) is 0 Å². The van der Waals surface area contributed by atoms with Gasteiger partial charge in [0.2, 0.25) is 5.91 Å². The molecule has 0 unspecified atom stereocenters. The molecule has 0 radical (unpaired) electrons. The molecule has 2 aromatic rings. The summed E-state index contributed by atoms with van der Waals surface area (Å²) < 4.78 is 39.7. The second-order valence-corrected chi connectivity index (χ2v) is 9.94. The Bertz CT molecular complexity index is 899. The molecule has 1 N–H and O–H groups in total. The van der Waals surface area contributed by atoms with Crippen molar-refractivity contribution in [2.45, 2.75) is 56.5 Å². The van der Waals surface area contributed by atoms with E-state index in [0.29, 0.717) is 5.69 Å². The molecule has 0 aliphatic carbocycles. The first kappa shape index (κ1) is 23.5. The van der Waals surface area contributed by atoms with Gasteiger partial charge in [-0.25, -0.2) is 0 Å². The molecule has 31 heavy (non-hydrogen) atoms. The van der Waals surface area contributed by atoms with Gasteiger partial charge in [-0.05, 0) is 60.6 Å². The number of carbonyl (C=O) groups is 1. The van der Waals surface area contributed by atoms with Gasteiger partial charge in [0.1, 0.15) is 0 Å². The lowest BCUT2D eigenvalue weighted by Gasteiger charge is -2.31. The lowest BCUT2D eigenvalue weighted by molar-refractivity contribution is -0.137. The molecule has 0 aromatic heterocycles. The average molecular weight is 451 g/mol. The van der Waals surface area contributed by atoms with Crippen molar-refractivity contribution in [2.75, 3.05) is 29.1 Å². The Hall–Kier alpha value is -2.15. The number of nitrogens with zero attached hydrogens (tertiary/aromatic N) is 1. The van der Waals surface area contributed by atoms with Crippen LogP contribution in [0, 0.1) is 0 Å². The number of alkyl halides is 3. The molecule has 1 fully saturated rings. The summed E-state index contributed by atoms with van der Waals surface area (Å²) in [5.74, 6) is -0.188. The van der Waals surface area contributed by atoms with E-state index in [4.69, 9.17) is 0 Å². The highest BCUT2D eigenvalue weighted by Crippen LogP contribution is 2.36. The molecule has 1 aliphatic rings. The predicted octanol–water partition coefficient (Wildman–Crippen LogP) is 6.72. The Morgan fingerprint density at radius 3 is 2.16 bits per heavy atom. The summed E-state index contributed by atoms with van der Waals surface area (Å²) >= 11 is 1.37. The molecule has 0 bridgehead atoms. The summed E-state index contributed by atoms with van der Waals surface area (Å²) in [6, 6.07) is 11.6. The number of nitrogens with one attached hydrogen (secondary N) is 1. The molecule has 1 saturated heterocycles. The van der Waals surface area contributed by atoms with Gasteiger partial charge in [0.15, 0.2) is 0 Å². The molecular formula is C24H29F3N2OS. The van der Waals surface area contributed by atoms with Crippen LogP contribution < -0.4 is 10.2 Å². The third-order valence-corrected chi connectivity index (χ3v) is 6.40. The molecule has 1 heterocycles. The fourth-order valence-electron chi connectivity index (χ4n) is 3.61. The Kier molecular flexibility index (Phi) is 7.24. The minimum Gasteiger partial charge on any atom is -0.370 e. The van der Waals surface area contributed by atoms with Crippen LogP contribution in [0.5, 0.6) is 0 Å². The number of hydrogen-bond acceptors (Lipinski definition) is 3. The fraction of sp³-hybridized carbons (Fsp3) is 0.458. The Labute approximate surface area is 186 Å². The highest BCUT2D eigenvalue weighted by atomic mass is 32.2. The van der Waals surface area contributed by atoms with Crippen LogP contribution in [0.25, 0.3) is 0 Å². The van der Waals surface area contributed by atoms with Crippen LogP contribution in [0.3, 0.4) is 0 Å². The lowest BCUT2D eigenvalue weighted by Crippen LogP contribution is -2.30. The lowest BCUT2D eigenvalue weighted by atomic mass is 9.87. The van der Waals surface area contributed by atoms with E-state index in [0.717, 1.165) is 49.4 Å². The Balaban J connectivity index is 1.71. The first-order valence-corrected chi connectivity index (χ1v) is 11.5. The average Bonchev–Trinajstić information content (AvgIpc) is 2.72. The van der Waals surface area contributed by atoms with Crippen molar-refractivity contribution >= 4 is 29.0 Å². The zero-order valence-corrected chi connectivity index (χ0v) is 19.0. The van der Waals surface area contributed by atoms with Gasteiger partial charge in [0.05, 0.1) is 22.7 Å². The maximum Gasteiger partial charge on any atom is 0.416 e. The molecule has 0 spiro atoms. The van der Waals surface area contributed by atoms with Gasteiger partial charge in [0, 0.05) is 18.0 Å². The van der Waals surface area contributed by atoms with Gasteiger partial charge < -0.3 is 10.2 Å². The Morgan fingerprint density at radius 1 is 0.968 bits per heavy atom. The number of carbonyl (C=O) groups excluding carboxylic acids is 1. The molecule has 3 rings (SSSR count). The first-order chi connectivity index (χ1) is 14.5. The molecule has 0 saturated carbocycles. The second-order valence-electron chi connectivity index (χ2n) is 8.89. The zero-order chi connectivity index (χ0) is 22.6. The van der Waals surface area contributed by atoms with Crippen LogP contribution in [-0.4, -0.2) is 24.7 Å². The van der Waals surface area contributed by atoms with Crippen LogP contribution in [0.2, 0.25) is 0 Å². The largest absolute Gasteiger partial charge is 0.416 e. The molecule has 1 aliphatic heterocycles. The van der Waals surface area contributed by atoms with E-state index >= 15 is 0 Å². The zero-order valence-electron chi connectivity index (χ0n) is 18.2. The summed E-state index contributed by atoms with van der Waals surface area (Å²) in [7, 11) is 0. The smallest absolute Gasteiger partial charge is 0.370 e. The summed E-state index contributed by atoms with van der Waals surface area (Å²) in [5, 5.41) is 2.72. The highest BCUT2D eigenvalue weighted by Gasteiger charge is 2.32. The van der Waals surface area contributed by atoms with Crippen molar-refractivity contribution in [2.24, 2.45) is 0 Å². The van der Waals surface area contributed by atoms with Crippen LogP contribution >= 0.6 is 11.8 Å². The van der Waals surface area contributed by atoms with Crippen molar-refractivity contribution in [1.82, 2.24) is 0 Å². The molecule has 3 nitrogen and oxygen atoms in total. The van der Waals surface area contributed by atoms with Gasteiger partial charge in [0.25, 0.3) is 0 Å². The van der Waals surface area contributed by atoms with Crippen LogP contribution in [0.4, 0.5) is 24.5 Å². The molecule has 2 aromatic carbocycles. The van der Waals surface area contributed by atoms with E-state index in [1.807, 2.05) is 24.3 Å². The number of halogens is 3. The summed E-state index contributed by atoms with van der Waals surface area (Å²) in [6.07, 6.45) is -1.35. The number of thioether (sulfide) groups is 1. The van der Waals surface area contributed by atoms with E-state index in [9.17, 15) is 18.0 Å². The third kappa shape index (κ3) is 6.42. The normalized spacial score (nSPS) is 15.1. The van der Waals surface area contributed by atoms with Crippen LogP contribution in [-0.2, 0) is 16.4 Å². The number of anilines is 2. The van der Waals surface area contributed by atoms with E-state index in [-0.39, 0.29) is 22.8 Å². The van der Waals surface area contributed by atoms with Gasteiger partial charge in [-0.15, -0.1) is 11.8 Å². The predicted molar refractivity (Wildman–Crippen MR) is 122 cm³/mol. The number of piperidine rings is 1. The standard InChI is InChI=1S/C24H29F3N2OS/c1-23(2,3)17-7-10-19(11-8-17)31-16-22(30)28-20-15-18(24(25,26)27)9-12-21(20)29-13-5-4-6-14-29/h7-12,15H,4-6,13-14,16H2,1-3H3,(H,28,30). The van der Waals surface area contributed by atoms with Crippen molar-refractivity contribution in [1.29, 1.82) is 0 Å². The van der Waals surface area contributed by atoms with Crippen LogP contribution in [0.1, 0.15) is 51.2 Å². The molecule has 1 amide bonds. The van der Waals surface area contributed by atoms with Gasteiger partial charge in [-0.2, -0.15) is 13.2 Å². The number of amides is 1. The van der Waals surface area contributed by atoms with Crippen LogP contribution in [0.15, 0.2) is 47.4 Å².